The quantitative estimate of drug-likeness (QED) is 0.393. The Morgan fingerprint density at radius 2 is 1.81 bits per heavy atom. The van der Waals surface area contributed by atoms with Crippen molar-refractivity contribution >= 4 is 64.4 Å². The molecule has 0 unspecified atom stereocenters. The molecule has 36 heavy (non-hydrogen) atoms. The highest BCUT2D eigenvalue weighted by atomic mass is 35.5. The van der Waals surface area contributed by atoms with Crippen molar-refractivity contribution in [1.29, 1.82) is 5.26 Å². The lowest BCUT2D eigenvalue weighted by molar-refractivity contribution is -0.150. The molecule has 0 bridgehead atoms. The number of thioether (sulfide) groups is 1. The summed E-state index contributed by atoms with van der Waals surface area (Å²) in [4.78, 5) is 49.7. The molecule has 0 saturated carbocycles. The number of benzene rings is 2. The summed E-state index contributed by atoms with van der Waals surface area (Å²) in [5, 5.41) is 15.7. The van der Waals surface area contributed by atoms with Crippen LogP contribution in [-0.4, -0.2) is 43.7 Å². The van der Waals surface area contributed by atoms with E-state index in [0.29, 0.717) is 11.3 Å². The molecule has 2 N–H and O–H groups in total. The molecule has 2 atom stereocenters. The molecule has 0 fully saturated rings. The fraction of sp³-hybridized carbons (Fsp3) is 0.208. The summed E-state index contributed by atoms with van der Waals surface area (Å²) >= 11 is 13.0. The Bertz CT molecular complexity index is 1290. The molecular formula is C24H19Cl2N3O6S. The molecule has 0 saturated heterocycles. The summed E-state index contributed by atoms with van der Waals surface area (Å²) in [5.74, 6) is -5.08. The smallest absolute Gasteiger partial charge is 0.337 e. The van der Waals surface area contributed by atoms with Crippen molar-refractivity contribution in [2.75, 3.05) is 25.3 Å². The Hall–Kier alpha value is -3.52. The summed E-state index contributed by atoms with van der Waals surface area (Å²) in [7, 11) is 2.38. The molecule has 0 spiro atoms. The maximum absolute atomic E-state index is 12.9. The SMILES string of the molecule is COC(=O)c1ccc([C@H]2C(C#N)=C(SCC(=O)Nc3cccc(Cl)c3Cl)NC(=O)[C@H]2C(=O)OC)cc1. The summed E-state index contributed by atoms with van der Waals surface area (Å²) in [6.45, 7) is 0. The van der Waals surface area contributed by atoms with Crippen molar-refractivity contribution in [2.24, 2.45) is 5.92 Å². The molecule has 9 nitrogen and oxygen atoms in total. The van der Waals surface area contributed by atoms with Crippen molar-refractivity contribution in [1.82, 2.24) is 5.32 Å². The highest BCUT2D eigenvalue weighted by Crippen LogP contribution is 2.40. The largest absolute Gasteiger partial charge is 0.468 e. The predicted molar refractivity (Wildman–Crippen MR) is 134 cm³/mol. The number of carbonyl (C=O) groups is 4. The van der Waals surface area contributed by atoms with Gasteiger partial charge in [0.05, 0.1) is 57.9 Å². The highest BCUT2D eigenvalue weighted by Gasteiger charge is 2.44. The minimum Gasteiger partial charge on any atom is -0.468 e. The van der Waals surface area contributed by atoms with Gasteiger partial charge >= 0.3 is 11.9 Å². The van der Waals surface area contributed by atoms with Crippen LogP contribution in [0.2, 0.25) is 10.0 Å². The molecule has 186 valence electrons. The molecule has 1 aliphatic heterocycles. The second kappa shape index (κ2) is 11.9. The van der Waals surface area contributed by atoms with Gasteiger partial charge in [0.1, 0.15) is 5.92 Å². The Labute approximate surface area is 220 Å². The number of esters is 2. The van der Waals surface area contributed by atoms with Gasteiger partial charge in [0.2, 0.25) is 11.8 Å². The molecule has 2 aromatic rings. The Kier molecular flexibility index (Phi) is 8.98. The number of hydrogen-bond donors (Lipinski definition) is 2. The number of ether oxygens (including phenoxy) is 2. The number of carbonyl (C=O) groups excluding carboxylic acids is 4. The van der Waals surface area contributed by atoms with Crippen molar-refractivity contribution in [3.8, 4) is 6.07 Å². The summed E-state index contributed by atoms with van der Waals surface area (Å²) in [5.41, 5.74) is 1.06. The van der Waals surface area contributed by atoms with E-state index < -0.39 is 35.6 Å². The van der Waals surface area contributed by atoms with E-state index in [-0.39, 0.29) is 32.0 Å². The highest BCUT2D eigenvalue weighted by molar-refractivity contribution is 8.03. The Balaban J connectivity index is 1.92. The van der Waals surface area contributed by atoms with E-state index in [0.717, 1.165) is 18.9 Å². The maximum atomic E-state index is 12.9. The molecule has 0 aromatic heterocycles. The van der Waals surface area contributed by atoms with Crippen LogP contribution in [-0.2, 0) is 23.9 Å². The van der Waals surface area contributed by atoms with E-state index in [1.165, 1.54) is 31.4 Å². The number of allylic oxidation sites excluding steroid dienone is 1. The van der Waals surface area contributed by atoms with E-state index in [1.807, 2.05) is 6.07 Å². The third-order valence-corrected chi connectivity index (χ3v) is 7.08. The summed E-state index contributed by atoms with van der Waals surface area (Å²) in [6, 6.07) is 12.8. The standard InChI is InChI=1S/C24H19Cl2N3O6S/c1-34-23(32)13-8-6-12(7-9-13)18-14(10-27)22(29-21(31)19(18)24(33)35-2)36-11-17(30)28-16-5-3-4-15(25)20(16)26/h3-9,18-19H,11H2,1-2H3,(H,28,30)(H,29,31)/t18-,19-/m0/s1. The van der Waals surface area contributed by atoms with Crippen LogP contribution in [0, 0.1) is 17.2 Å². The fourth-order valence-corrected chi connectivity index (χ4v) is 4.74. The molecule has 1 heterocycles. The third kappa shape index (κ3) is 5.82. The number of amides is 2. The van der Waals surface area contributed by atoms with E-state index in [9.17, 15) is 24.4 Å². The number of halogens is 2. The molecule has 1 aliphatic rings. The molecule has 12 heteroatoms. The van der Waals surface area contributed by atoms with E-state index in [4.69, 9.17) is 27.9 Å². The van der Waals surface area contributed by atoms with Gasteiger partial charge in [-0.15, -0.1) is 0 Å². The van der Waals surface area contributed by atoms with Crippen LogP contribution in [0.4, 0.5) is 5.69 Å². The minimum absolute atomic E-state index is 0.0643. The van der Waals surface area contributed by atoms with Gasteiger partial charge in [0.15, 0.2) is 0 Å². The van der Waals surface area contributed by atoms with Crippen LogP contribution in [0.3, 0.4) is 0 Å². The molecule has 0 aliphatic carbocycles. The Morgan fingerprint density at radius 3 is 2.42 bits per heavy atom. The molecule has 2 aromatic carbocycles. The topological polar surface area (TPSA) is 135 Å². The fourth-order valence-electron chi connectivity index (χ4n) is 3.55. The van der Waals surface area contributed by atoms with Crippen molar-refractivity contribution in [3.05, 3.63) is 74.2 Å². The lowest BCUT2D eigenvalue weighted by Gasteiger charge is -2.31. The van der Waals surface area contributed by atoms with Crippen LogP contribution < -0.4 is 10.6 Å². The number of methoxy groups -OCH3 is 2. The second-order valence-electron chi connectivity index (χ2n) is 7.37. The van der Waals surface area contributed by atoms with Crippen LogP contribution in [0.1, 0.15) is 21.8 Å². The lowest BCUT2D eigenvalue weighted by atomic mass is 9.78. The zero-order chi connectivity index (χ0) is 26.4. The minimum atomic E-state index is -1.35. The predicted octanol–water partition coefficient (Wildman–Crippen LogP) is 3.89. The van der Waals surface area contributed by atoms with Crippen LogP contribution >= 0.6 is 35.0 Å². The monoisotopic (exact) mass is 547 g/mol. The molecule has 2 amide bonds. The van der Waals surface area contributed by atoms with Gasteiger partial charge < -0.3 is 20.1 Å². The maximum Gasteiger partial charge on any atom is 0.337 e. The van der Waals surface area contributed by atoms with Crippen molar-refractivity contribution < 1.29 is 28.7 Å². The number of hydrogen-bond acceptors (Lipinski definition) is 8. The van der Waals surface area contributed by atoms with Gasteiger partial charge in [-0.1, -0.05) is 53.2 Å². The third-order valence-electron chi connectivity index (χ3n) is 5.25. The van der Waals surface area contributed by atoms with Crippen LogP contribution in [0.5, 0.6) is 0 Å². The van der Waals surface area contributed by atoms with Crippen molar-refractivity contribution in [2.45, 2.75) is 5.92 Å². The summed E-state index contributed by atoms with van der Waals surface area (Å²) < 4.78 is 9.49. The van der Waals surface area contributed by atoms with E-state index in [2.05, 4.69) is 15.4 Å². The van der Waals surface area contributed by atoms with Gasteiger partial charge in [0.25, 0.3) is 0 Å². The average Bonchev–Trinajstić information content (AvgIpc) is 2.88. The van der Waals surface area contributed by atoms with Crippen LogP contribution in [0.25, 0.3) is 0 Å². The van der Waals surface area contributed by atoms with E-state index in [1.54, 1.807) is 18.2 Å². The summed E-state index contributed by atoms with van der Waals surface area (Å²) in [6.07, 6.45) is 0. The normalized spacial score (nSPS) is 17.0. The Morgan fingerprint density at radius 1 is 1.11 bits per heavy atom. The number of rotatable bonds is 7. The molecule has 3 rings (SSSR count). The number of anilines is 1. The second-order valence-corrected chi connectivity index (χ2v) is 9.14. The lowest BCUT2D eigenvalue weighted by Crippen LogP contribution is -2.44. The van der Waals surface area contributed by atoms with E-state index >= 15 is 0 Å². The van der Waals surface area contributed by atoms with Crippen molar-refractivity contribution in [3.63, 3.8) is 0 Å². The number of nitriles is 1. The number of nitrogens with one attached hydrogen (secondary N) is 2. The molecular weight excluding hydrogens is 529 g/mol. The number of nitrogens with zero attached hydrogens (tertiary/aromatic N) is 1. The first-order valence-corrected chi connectivity index (χ1v) is 12.0. The zero-order valence-electron chi connectivity index (χ0n) is 19.0. The zero-order valence-corrected chi connectivity index (χ0v) is 21.3. The first-order chi connectivity index (χ1) is 17.2. The first-order valence-electron chi connectivity index (χ1n) is 10.3. The van der Waals surface area contributed by atoms with Crippen LogP contribution in [0.15, 0.2) is 53.1 Å². The van der Waals surface area contributed by atoms with Gasteiger partial charge in [-0.3, -0.25) is 14.4 Å². The molecule has 0 radical (unpaired) electrons. The van der Waals surface area contributed by atoms with Gasteiger partial charge in [-0.2, -0.15) is 5.26 Å². The van der Waals surface area contributed by atoms with Gasteiger partial charge in [-0.25, -0.2) is 4.79 Å². The van der Waals surface area contributed by atoms with Gasteiger partial charge in [-0.05, 0) is 29.8 Å². The first kappa shape index (κ1) is 27.1. The van der Waals surface area contributed by atoms with Gasteiger partial charge in [0, 0.05) is 5.92 Å². The average molecular weight is 548 g/mol.